The maximum atomic E-state index is 12.6. The number of hydrogen-bond donors (Lipinski definition) is 5. The van der Waals surface area contributed by atoms with E-state index < -0.39 is 36.9 Å². The molecule has 0 saturated heterocycles. The largest absolute Gasteiger partial charge is 0.394 e. The molecular weight excluding hydrogens is 803 g/mol. The lowest BCUT2D eigenvalue weighted by atomic mass is 10.00. The first-order valence-electron chi connectivity index (χ1n) is 28.9. The number of carbonyl (C=O) groups is 1. The van der Waals surface area contributed by atoms with Crippen molar-refractivity contribution in [3.63, 3.8) is 0 Å². The Morgan fingerprint density at radius 1 is 0.369 bits per heavy atom. The van der Waals surface area contributed by atoms with Crippen LogP contribution in [0, 0.1) is 0 Å². The van der Waals surface area contributed by atoms with Crippen LogP contribution in [-0.2, 0) is 4.79 Å². The van der Waals surface area contributed by atoms with Gasteiger partial charge in [-0.2, -0.15) is 0 Å². The SMILES string of the molecule is CCCCCCCCCCCCCCCCC/C=C/CC/C=C/CC/C=C/CCCC(O)C(O)C(CO)NC(=O)C(O)CCCCCCCCCCCCCCCCCCCCCCC. The maximum Gasteiger partial charge on any atom is 0.249 e. The maximum absolute atomic E-state index is 12.6. The van der Waals surface area contributed by atoms with E-state index in [1.54, 1.807) is 0 Å². The highest BCUT2D eigenvalue weighted by atomic mass is 16.3. The fourth-order valence-electron chi connectivity index (χ4n) is 9.03. The third-order valence-corrected chi connectivity index (χ3v) is 13.6. The lowest BCUT2D eigenvalue weighted by molar-refractivity contribution is -0.132. The highest BCUT2D eigenvalue weighted by Crippen LogP contribution is 2.17. The normalized spacial score (nSPS) is 14.0. The summed E-state index contributed by atoms with van der Waals surface area (Å²) in [5.74, 6) is -0.595. The molecule has 384 valence electrons. The van der Waals surface area contributed by atoms with Gasteiger partial charge in [0.2, 0.25) is 5.91 Å². The van der Waals surface area contributed by atoms with E-state index in [4.69, 9.17) is 0 Å². The average Bonchev–Trinajstić information content (AvgIpc) is 3.31. The van der Waals surface area contributed by atoms with Gasteiger partial charge >= 0.3 is 0 Å². The Kier molecular flexibility index (Phi) is 52.3. The molecule has 0 saturated carbocycles. The monoisotopic (exact) mass is 916 g/mol. The quantitative estimate of drug-likeness (QED) is 0.0308. The van der Waals surface area contributed by atoms with Crippen molar-refractivity contribution in [2.45, 2.75) is 327 Å². The van der Waals surface area contributed by atoms with Crippen LogP contribution in [0.25, 0.3) is 0 Å². The highest BCUT2D eigenvalue weighted by Gasteiger charge is 2.28. The van der Waals surface area contributed by atoms with Crippen molar-refractivity contribution in [2.24, 2.45) is 0 Å². The van der Waals surface area contributed by atoms with Gasteiger partial charge in [0.1, 0.15) is 12.2 Å². The molecule has 0 aromatic heterocycles. The number of carbonyl (C=O) groups excluding carboxylic acids is 1. The molecule has 0 radical (unpaired) electrons. The van der Waals surface area contributed by atoms with E-state index in [9.17, 15) is 25.2 Å². The van der Waals surface area contributed by atoms with E-state index in [2.05, 4.69) is 55.6 Å². The molecule has 0 bridgehead atoms. The lowest BCUT2D eigenvalue weighted by Gasteiger charge is -2.27. The molecule has 0 heterocycles. The number of aliphatic hydroxyl groups is 4. The van der Waals surface area contributed by atoms with Crippen molar-refractivity contribution in [1.82, 2.24) is 5.32 Å². The van der Waals surface area contributed by atoms with Crippen LogP contribution < -0.4 is 5.32 Å². The van der Waals surface area contributed by atoms with Gasteiger partial charge in [0, 0.05) is 0 Å². The number of rotatable bonds is 53. The first kappa shape index (κ1) is 63.5. The fraction of sp³-hybridized carbons (Fsp3) is 0.881. The summed E-state index contributed by atoms with van der Waals surface area (Å²) in [6.07, 6.45) is 66.5. The van der Waals surface area contributed by atoms with E-state index >= 15 is 0 Å². The molecule has 0 aromatic carbocycles. The Hall–Kier alpha value is -1.47. The van der Waals surface area contributed by atoms with Crippen LogP contribution in [0.4, 0.5) is 0 Å². The van der Waals surface area contributed by atoms with Crippen LogP contribution in [0.3, 0.4) is 0 Å². The molecule has 4 atom stereocenters. The van der Waals surface area contributed by atoms with Gasteiger partial charge < -0.3 is 25.7 Å². The molecule has 6 heteroatoms. The molecule has 0 aliphatic carbocycles. The predicted molar refractivity (Wildman–Crippen MR) is 284 cm³/mol. The number of allylic oxidation sites excluding steroid dienone is 6. The van der Waals surface area contributed by atoms with Gasteiger partial charge in [0.25, 0.3) is 0 Å². The predicted octanol–water partition coefficient (Wildman–Crippen LogP) is 16.8. The van der Waals surface area contributed by atoms with Crippen molar-refractivity contribution < 1.29 is 25.2 Å². The van der Waals surface area contributed by atoms with E-state index in [-0.39, 0.29) is 0 Å². The Morgan fingerprint density at radius 2 is 0.646 bits per heavy atom. The first-order chi connectivity index (χ1) is 32.0. The zero-order valence-corrected chi connectivity index (χ0v) is 43.5. The van der Waals surface area contributed by atoms with Crippen LogP contribution in [0.15, 0.2) is 36.5 Å². The standard InChI is InChI=1S/C59H113NO5/c1-3-5-7-9-11-13-15-17-19-21-23-25-26-27-28-29-30-31-33-34-36-38-40-42-44-46-48-50-52-56(62)58(64)55(54-61)60-59(65)57(63)53-51-49-47-45-43-41-39-37-35-32-24-22-20-18-16-14-12-10-8-6-4-2/h30-31,36,38,44,46,55-58,61-64H,3-29,32-35,37,39-43,45,47-54H2,1-2H3,(H,60,65)/b31-30+,38-36+,46-44+. The molecule has 4 unspecified atom stereocenters. The van der Waals surface area contributed by atoms with Crippen LogP contribution in [0.1, 0.15) is 303 Å². The molecule has 0 fully saturated rings. The van der Waals surface area contributed by atoms with Crippen LogP contribution >= 0.6 is 0 Å². The Morgan fingerprint density at radius 3 is 0.969 bits per heavy atom. The number of aliphatic hydroxyl groups excluding tert-OH is 4. The second kappa shape index (κ2) is 53.5. The van der Waals surface area contributed by atoms with E-state index in [1.165, 1.54) is 218 Å². The van der Waals surface area contributed by atoms with Crippen molar-refractivity contribution >= 4 is 5.91 Å². The summed E-state index contributed by atoms with van der Waals surface area (Å²) < 4.78 is 0. The summed E-state index contributed by atoms with van der Waals surface area (Å²) in [6.45, 7) is 4.07. The summed E-state index contributed by atoms with van der Waals surface area (Å²) in [5, 5.41) is 44.0. The lowest BCUT2D eigenvalue weighted by Crippen LogP contribution is -2.53. The average molecular weight is 917 g/mol. The number of hydrogen-bond acceptors (Lipinski definition) is 5. The molecule has 0 aromatic rings. The molecular formula is C59H113NO5. The van der Waals surface area contributed by atoms with Gasteiger partial charge in [-0.3, -0.25) is 4.79 Å². The molecule has 5 N–H and O–H groups in total. The van der Waals surface area contributed by atoms with Gasteiger partial charge in [0.05, 0.1) is 18.8 Å². The van der Waals surface area contributed by atoms with Crippen molar-refractivity contribution in [2.75, 3.05) is 6.61 Å². The van der Waals surface area contributed by atoms with Gasteiger partial charge in [-0.1, -0.05) is 275 Å². The zero-order chi connectivity index (χ0) is 47.4. The minimum atomic E-state index is -1.29. The van der Waals surface area contributed by atoms with Crippen LogP contribution in [-0.4, -0.2) is 57.3 Å². The minimum Gasteiger partial charge on any atom is -0.394 e. The van der Waals surface area contributed by atoms with Crippen molar-refractivity contribution in [3.05, 3.63) is 36.5 Å². The Labute approximate surface area is 405 Å². The van der Waals surface area contributed by atoms with E-state index in [1.807, 2.05) is 0 Å². The second-order valence-corrected chi connectivity index (χ2v) is 20.0. The van der Waals surface area contributed by atoms with Crippen LogP contribution in [0.5, 0.6) is 0 Å². The summed E-state index contributed by atoms with van der Waals surface area (Å²) in [6, 6.07) is -1.01. The molecule has 6 nitrogen and oxygen atoms in total. The van der Waals surface area contributed by atoms with E-state index in [0.717, 1.165) is 51.4 Å². The van der Waals surface area contributed by atoms with Crippen molar-refractivity contribution in [3.8, 4) is 0 Å². The molecule has 0 aliphatic heterocycles. The first-order valence-corrected chi connectivity index (χ1v) is 28.9. The molecule has 0 spiro atoms. The zero-order valence-electron chi connectivity index (χ0n) is 43.5. The Balaban J connectivity index is 3.69. The molecule has 65 heavy (non-hydrogen) atoms. The van der Waals surface area contributed by atoms with E-state index in [0.29, 0.717) is 19.3 Å². The van der Waals surface area contributed by atoms with Crippen molar-refractivity contribution in [1.29, 1.82) is 0 Å². The van der Waals surface area contributed by atoms with Gasteiger partial charge in [0.15, 0.2) is 0 Å². The molecule has 1 amide bonds. The summed E-state index contributed by atoms with van der Waals surface area (Å²) in [5.41, 5.74) is 0. The number of unbranched alkanes of at least 4 members (excludes halogenated alkanes) is 38. The topological polar surface area (TPSA) is 110 Å². The number of nitrogens with one attached hydrogen (secondary N) is 1. The van der Waals surface area contributed by atoms with Crippen LogP contribution in [0.2, 0.25) is 0 Å². The fourth-order valence-corrected chi connectivity index (χ4v) is 9.03. The van der Waals surface area contributed by atoms with Gasteiger partial charge in [-0.25, -0.2) is 0 Å². The summed E-state index contributed by atoms with van der Waals surface area (Å²) in [7, 11) is 0. The van der Waals surface area contributed by atoms with Gasteiger partial charge in [-0.05, 0) is 64.2 Å². The van der Waals surface area contributed by atoms with Gasteiger partial charge in [-0.15, -0.1) is 0 Å². The summed E-state index contributed by atoms with van der Waals surface area (Å²) >= 11 is 0. The third kappa shape index (κ3) is 47.4. The minimum absolute atomic E-state index is 0.362. The molecule has 0 rings (SSSR count). The highest BCUT2D eigenvalue weighted by molar-refractivity contribution is 5.80. The number of amides is 1. The molecule has 0 aliphatic rings. The second-order valence-electron chi connectivity index (χ2n) is 20.0. The smallest absolute Gasteiger partial charge is 0.249 e. The third-order valence-electron chi connectivity index (χ3n) is 13.6. The Bertz CT molecular complexity index is 1030. The summed E-state index contributed by atoms with van der Waals surface area (Å²) in [4.78, 5) is 12.6.